The smallest absolute Gasteiger partial charge is 0.203 e. The summed E-state index contributed by atoms with van der Waals surface area (Å²) in [6.45, 7) is 0. The number of para-hydroxylation sites is 4. The van der Waals surface area contributed by atoms with Crippen LogP contribution < -0.4 is 0 Å². The van der Waals surface area contributed by atoms with Gasteiger partial charge in [-0.3, -0.25) is 0 Å². The molecule has 0 bridgehead atoms. The van der Waals surface area contributed by atoms with Gasteiger partial charge in [-0.2, -0.15) is 0 Å². The van der Waals surface area contributed by atoms with Crippen LogP contribution in [0.5, 0.6) is 0 Å². The van der Waals surface area contributed by atoms with Crippen LogP contribution in [0.15, 0.2) is 149 Å². The van der Waals surface area contributed by atoms with Gasteiger partial charge in [-0.05, 0) is 83.8 Å². The van der Waals surface area contributed by atoms with Crippen LogP contribution in [0.2, 0.25) is 0 Å². The first kappa shape index (κ1) is 25.5. The Morgan fingerprint density at radius 2 is 1.06 bits per heavy atom. The summed E-state index contributed by atoms with van der Waals surface area (Å²) in [5.74, 6) is -0.239. The summed E-state index contributed by atoms with van der Waals surface area (Å²) >= 11 is 0. The fraction of sp³-hybridized carbons (Fsp3) is 0.0476. The number of fused-ring (bicyclic) bond motifs is 12. The Balaban J connectivity index is 1.11. The lowest BCUT2D eigenvalue weighted by Gasteiger charge is -2.21. The molecule has 0 amide bonds. The molecule has 5 heteroatoms. The SMILES string of the molecule is O=S1(=O)C2=CC=C(n3c4ccccc4c4ccccc43)CC2c2cc(-c3cc4c5ccccc5n5c6ccccc6c(c3)c45)ccc21. The maximum atomic E-state index is 13.9. The van der Waals surface area contributed by atoms with Gasteiger partial charge in [0.05, 0.1) is 37.4 Å². The third-order valence-corrected chi connectivity index (χ3v) is 12.6. The van der Waals surface area contributed by atoms with Crippen LogP contribution in [-0.4, -0.2) is 17.4 Å². The van der Waals surface area contributed by atoms with E-state index in [4.69, 9.17) is 0 Å². The highest BCUT2D eigenvalue weighted by Crippen LogP contribution is 2.51. The minimum atomic E-state index is -3.58. The number of hydrogen-bond acceptors (Lipinski definition) is 2. The molecule has 1 aliphatic heterocycles. The Bertz CT molecular complexity index is 2870. The second-order valence-corrected chi connectivity index (χ2v) is 14.8. The first-order chi connectivity index (χ1) is 23.1. The summed E-state index contributed by atoms with van der Waals surface area (Å²) in [7, 11) is -3.58. The number of aromatic nitrogens is 2. The van der Waals surface area contributed by atoms with Gasteiger partial charge in [-0.25, -0.2) is 8.42 Å². The van der Waals surface area contributed by atoms with E-state index in [0.717, 1.165) is 33.4 Å². The summed E-state index contributed by atoms with van der Waals surface area (Å²) < 4.78 is 32.5. The summed E-state index contributed by atoms with van der Waals surface area (Å²) in [6, 6.07) is 44.7. The molecule has 0 saturated heterocycles. The topological polar surface area (TPSA) is 43.5 Å². The van der Waals surface area contributed by atoms with E-state index in [1.165, 1.54) is 48.9 Å². The van der Waals surface area contributed by atoms with Crippen LogP contribution in [-0.2, 0) is 9.84 Å². The zero-order chi connectivity index (χ0) is 31.0. The molecule has 0 fully saturated rings. The van der Waals surface area contributed by atoms with Crippen molar-refractivity contribution < 1.29 is 8.42 Å². The summed E-state index contributed by atoms with van der Waals surface area (Å²) in [5.41, 5.74) is 10.0. The molecule has 3 aromatic heterocycles. The van der Waals surface area contributed by atoms with Crippen molar-refractivity contribution in [3.05, 3.63) is 150 Å². The molecular weight excluding hydrogens is 597 g/mol. The summed E-state index contributed by atoms with van der Waals surface area (Å²) in [6.07, 6.45) is 4.47. The highest BCUT2D eigenvalue weighted by molar-refractivity contribution is 7.95. The molecule has 222 valence electrons. The van der Waals surface area contributed by atoms with Gasteiger partial charge in [0.2, 0.25) is 9.84 Å². The molecule has 11 rings (SSSR count). The first-order valence-electron chi connectivity index (χ1n) is 16.0. The number of sulfone groups is 1. The van der Waals surface area contributed by atoms with Gasteiger partial charge in [0.25, 0.3) is 0 Å². The van der Waals surface area contributed by atoms with E-state index in [1.807, 2.05) is 24.3 Å². The average Bonchev–Trinajstić information content (AvgIpc) is 3.81. The van der Waals surface area contributed by atoms with Gasteiger partial charge in [0.1, 0.15) is 0 Å². The number of allylic oxidation sites excluding steroid dienone is 4. The minimum absolute atomic E-state index is 0.239. The lowest BCUT2D eigenvalue weighted by molar-refractivity contribution is 0.603. The number of rotatable bonds is 2. The minimum Gasteiger partial charge on any atom is -0.313 e. The molecule has 1 aliphatic carbocycles. The molecule has 47 heavy (non-hydrogen) atoms. The molecule has 1 unspecified atom stereocenters. The molecule has 0 saturated carbocycles. The van der Waals surface area contributed by atoms with Crippen molar-refractivity contribution in [1.82, 2.24) is 8.97 Å². The van der Waals surface area contributed by atoms with Crippen molar-refractivity contribution in [2.75, 3.05) is 0 Å². The highest BCUT2D eigenvalue weighted by atomic mass is 32.2. The third-order valence-electron chi connectivity index (χ3n) is 10.6. The Kier molecular flexibility index (Phi) is 4.77. The van der Waals surface area contributed by atoms with Gasteiger partial charge >= 0.3 is 0 Å². The van der Waals surface area contributed by atoms with Gasteiger partial charge < -0.3 is 8.97 Å². The number of hydrogen-bond donors (Lipinski definition) is 0. The van der Waals surface area contributed by atoms with Crippen molar-refractivity contribution in [3.8, 4) is 11.1 Å². The molecule has 2 aliphatic rings. The van der Waals surface area contributed by atoms with Crippen molar-refractivity contribution in [1.29, 1.82) is 0 Å². The lowest BCUT2D eigenvalue weighted by Crippen LogP contribution is -2.09. The predicted molar refractivity (Wildman–Crippen MR) is 193 cm³/mol. The zero-order valence-corrected chi connectivity index (χ0v) is 26.0. The van der Waals surface area contributed by atoms with Crippen LogP contribution in [0.1, 0.15) is 17.9 Å². The maximum absolute atomic E-state index is 13.9. The van der Waals surface area contributed by atoms with Crippen molar-refractivity contribution in [3.63, 3.8) is 0 Å². The molecule has 0 radical (unpaired) electrons. The van der Waals surface area contributed by atoms with Crippen molar-refractivity contribution in [2.24, 2.45) is 0 Å². The Morgan fingerprint density at radius 3 is 1.66 bits per heavy atom. The second-order valence-electron chi connectivity index (χ2n) is 12.9. The Labute approximate surface area is 270 Å². The standard InChI is InChI=1S/C42H26N2O2S/c45-47(46)40-19-17-25(26-22-34-30-11-3-7-15-38(30)44-39-16-8-4-12-31(39)35(23-26)42(34)44)21-32(40)33-24-27(18-20-41(33)47)43-36-13-5-1-9-28(36)29-10-2-6-14-37(29)43/h1-23,33H,24H2. The highest BCUT2D eigenvalue weighted by Gasteiger charge is 2.42. The zero-order valence-electron chi connectivity index (χ0n) is 25.2. The fourth-order valence-electron chi connectivity index (χ4n) is 8.60. The molecule has 1 atom stereocenters. The fourth-order valence-corrected chi connectivity index (χ4v) is 10.4. The average molecular weight is 623 g/mol. The van der Waals surface area contributed by atoms with Crippen LogP contribution in [0.25, 0.3) is 76.7 Å². The van der Waals surface area contributed by atoms with Crippen molar-refractivity contribution >= 4 is 75.4 Å². The van der Waals surface area contributed by atoms with Crippen LogP contribution in [0, 0.1) is 0 Å². The van der Waals surface area contributed by atoms with Crippen molar-refractivity contribution in [2.45, 2.75) is 17.2 Å². The summed E-state index contributed by atoms with van der Waals surface area (Å²) in [5, 5.41) is 7.28. The van der Waals surface area contributed by atoms with E-state index in [9.17, 15) is 8.42 Å². The lowest BCUT2D eigenvalue weighted by atomic mass is 9.88. The molecular formula is C42H26N2O2S. The monoisotopic (exact) mass is 622 g/mol. The second kappa shape index (κ2) is 8.78. The van der Waals surface area contributed by atoms with E-state index in [2.05, 4.69) is 124 Å². The largest absolute Gasteiger partial charge is 0.313 e. The first-order valence-corrected chi connectivity index (χ1v) is 17.5. The Morgan fingerprint density at radius 1 is 0.532 bits per heavy atom. The molecule has 0 spiro atoms. The molecule has 6 aromatic carbocycles. The molecule has 9 aromatic rings. The van der Waals surface area contributed by atoms with Gasteiger partial charge in [0, 0.05) is 43.9 Å². The van der Waals surface area contributed by atoms with E-state index in [1.54, 1.807) is 0 Å². The Hall–Kier alpha value is -5.65. The van der Waals surface area contributed by atoms with E-state index in [-0.39, 0.29) is 5.92 Å². The predicted octanol–water partition coefficient (Wildman–Crippen LogP) is 10.3. The van der Waals surface area contributed by atoms with Gasteiger partial charge in [-0.1, -0.05) is 78.9 Å². The van der Waals surface area contributed by atoms with Crippen LogP contribution in [0.4, 0.5) is 0 Å². The van der Waals surface area contributed by atoms with Crippen LogP contribution in [0.3, 0.4) is 0 Å². The number of benzene rings is 6. The quantitative estimate of drug-likeness (QED) is 0.193. The van der Waals surface area contributed by atoms with Crippen LogP contribution >= 0.6 is 0 Å². The molecule has 0 N–H and O–H groups in total. The molecule has 4 heterocycles. The van der Waals surface area contributed by atoms with E-state index < -0.39 is 9.84 Å². The normalized spacial score (nSPS) is 17.2. The van der Waals surface area contributed by atoms with Gasteiger partial charge in [-0.15, -0.1) is 0 Å². The van der Waals surface area contributed by atoms with E-state index >= 15 is 0 Å². The third kappa shape index (κ3) is 3.19. The van der Waals surface area contributed by atoms with Gasteiger partial charge in [0.15, 0.2) is 0 Å². The summed E-state index contributed by atoms with van der Waals surface area (Å²) in [4.78, 5) is 0.933. The molecule has 4 nitrogen and oxygen atoms in total. The maximum Gasteiger partial charge on any atom is 0.203 e. The van der Waals surface area contributed by atoms with E-state index in [0.29, 0.717) is 16.2 Å². The number of nitrogens with zero attached hydrogens (tertiary/aromatic N) is 2.